The monoisotopic (exact) mass is 506 g/mol. The fourth-order valence-corrected chi connectivity index (χ4v) is 4.49. The number of anilines is 1. The Hall–Kier alpha value is -3.72. The van der Waals surface area contributed by atoms with Crippen molar-refractivity contribution in [2.24, 2.45) is 0 Å². The van der Waals surface area contributed by atoms with Gasteiger partial charge >= 0.3 is 0 Å². The lowest BCUT2D eigenvalue weighted by Crippen LogP contribution is -2.36. The molecular formula is C24H19BrN4O4. The van der Waals surface area contributed by atoms with E-state index in [2.05, 4.69) is 31.5 Å². The zero-order chi connectivity index (χ0) is 23.1. The van der Waals surface area contributed by atoms with Gasteiger partial charge < -0.3 is 20.5 Å². The number of nitrogens with zero attached hydrogens (tertiary/aromatic N) is 1. The third kappa shape index (κ3) is 4.07. The third-order valence-corrected chi connectivity index (χ3v) is 6.51. The first kappa shape index (κ1) is 21.1. The van der Waals surface area contributed by atoms with Crippen LogP contribution in [0.4, 0.5) is 5.69 Å². The van der Waals surface area contributed by atoms with Crippen molar-refractivity contribution >= 4 is 39.3 Å². The summed E-state index contributed by atoms with van der Waals surface area (Å²) in [6.07, 6.45) is 2.08. The zero-order valence-electron chi connectivity index (χ0n) is 17.4. The van der Waals surface area contributed by atoms with Crippen LogP contribution in [0.2, 0.25) is 0 Å². The highest BCUT2D eigenvalue weighted by Crippen LogP contribution is 2.24. The molecule has 8 nitrogen and oxygen atoms in total. The number of benzene rings is 2. The van der Waals surface area contributed by atoms with E-state index in [1.807, 2.05) is 12.1 Å². The number of nitrogens with one attached hydrogen (secondary N) is 3. The molecule has 0 unspecified atom stereocenters. The lowest BCUT2D eigenvalue weighted by atomic mass is 9.96. The highest BCUT2D eigenvalue weighted by Gasteiger charge is 2.24. The Balaban J connectivity index is 1.33. The molecule has 2 aliphatic heterocycles. The second-order valence-electron chi connectivity index (χ2n) is 8.03. The van der Waals surface area contributed by atoms with Gasteiger partial charge in [0.15, 0.2) is 0 Å². The van der Waals surface area contributed by atoms with E-state index in [4.69, 9.17) is 0 Å². The molecule has 2 aliphatic rings. The van der Waals surface area contributed by atoms with Crippen molar-refractivity contribution in [1.29, 1.82) is 0 Å². The molecule has 9 heteroatoms. The van der Waals surface area contributed by atoms with Gasteiger partial charge in [-0.1, -0.05) is 12.1 Å². The van der Waals surface area contributed by atoms with E-state index in [9.17, 15) is 19.2 Å². The second kappa shape index (κ2) is 8.32. The summed E-state index contributed by atoms with van der Waals surface area (Å²) in [6, 6.07) is 12.3. The summed E-state index contributed by atoms with van der Waals surface area (Å²) >= 11 is 3.16. The number of rotatable bonds is 3. The van der Waals surface area contributed by atoms with Gasteiger partial charge in [0.05, 0.1) is 10.0 Å². The summed E-state index contributed by atoms with van der Waals surface area (Å²) < 4.78 is 0.300. The van der Waals surface area contributed by atoms with Crippen molar-refractivity contribution in [1.82, 2.24) is 15.2 Å². The summed E-state index contributed by atoms with van der Waals surface area (Å²) in [5.74, 6) is -0.623. The Morgan fingerprint density at radius 2 is 1.79 bits per heavy atom. The lowest BCUT2D eigenvalue weighted by molar-refractivity contribution is 0.0734. The molecule has 0 aliphatic carbocycles. The van der Waals surface area contributed by atoms with E-state index < -0.39 is 0 Å². The van der Waals surface area contributed by atoms with Crippen molar-refractivity contribution < 1.29 is 14.4 Å². The number of H-pyrrole nitrogens is 1. The Labute approximate surface area is 197 Å². The first-order valence-corrected chi connectivity index (χ1v) is 11.2. The number of carbonyl (C=O) groups is 3. The number of amides is 3. The summed E-state index contributed by atoms with van der Waals surface area (Å²) in [5.41, 5.74) is 4.59. The van der Waals surface area contributed by atoms with Crippen LogP contribution in [0.25, 0.3) is 0 Å². The van der Waals surface area contributed by atoms with E-state index in [1.54, 1.807) is 29.2 Å². The van der Waals surface area contributed by atoms with Crippen LogP contribution in [0, 0.1) is 0 Å². The first-order chi connectivity index (χ1) is 15.9. The van der Waals surface area contributed by atoms with E-state index in [1.165, 1.54) is 12.3 Å². The minimum Gasteiger partial charge on any atom is -0.348 e. The molecular weight excluding hydrogens is 488 g/mol. The molecule has 0 saturated heterocycles. The number of hydrogen-bond acceptors (Lipinski definition) is 4. The second-order valence-corrected chi connectivity index (χ2v) is 8.89. The largest absolute Gasteiger partial charge is 0.348 e. The van der Waals surface area contributed by atoms with Crippen LogP contribution in [0.3, 0.4) is 0 Å². The smallest absolute Gasteiger partial charge is 0.262 e. The molecule has 3 N–H and O–H groups in total. The summed E-state index contributed by atoms with van der Waals surface area (Å²) in [5, 5.41) is 5.61. The van der Waals surface area contributed by atoms with Gasteiger partial charge in [0.2, 0.25) is 0 Å². The van der Waals surface area contributed by atoms with Gasteiger partial charge in [-0.05, 0) is 69.4 Å². The predicted molar refractivity (Wildman–Crippen MR) is 125 cm³/mol. The molecule has 3 heterocycles. The molecule has 0 bridgehead atoms. The Bertz CT molecular complexity index is 1380. The zero-order valence-corrected chi connectivity index (χ0v) is 19.0. The number of pyridine rings is 1. The van der Waals surface area contributed by atoms with Gasteiger partial charge in [-0.3, -0.25) is 19.2 Å². The first-order valence-electron chi connectivity index (χ1n) is 10.4. The molecule has 166 valence electrons. The number of halogens is 1. The molecule has 33 heavy (non-hydrogen) atoms. The Morgan fingerprint density at radius 1 is 0.970 bits per heavy atom. The number of aromatic amines is 1. The van der Waals surface area contributed by atoms with E-state index >= 15 is 0 Å². The van der Waals surface area contributed by atoms with Crippen molar-refractivity contribution in [3.05, 3.63) is 96.9 Å². The van der Waals surface area contributed by atoms with Crippen LogP contribution >= 0.6 is 15.9 Å². The van der Waals surface area contributed by atoms with Crippen molar-refractivity contribution in [3.63, 3.8) is 0 Å². The van der Waals surface area contributed by atoms with Gasteiger partial charge in [-0.2, -0.15) is 0 Å². The van der Waals surface area contributed by atoms with Crippen LogP contribution in [0.1, 0.15) is 47.8 Å². The van der Waals surface area contributed by atoms with E-state index in [-0.39, 0.29) is 23.3 Å². The van der Waals surface area contributed by atoms with Gasteiger partial charge in [0, 0.05) is 42.6 Å². The summed E-state index contributed by atoms with van der Waals surface area (Å²) in [6.45, 7) is 1.41. The molecule has 3 aromatic rings. The van der Waals surface area contributed by atoms with Crippen molar-refractivity contribution in [2.45, 2.75) is 19.5 Å². The maximum absolute atomic E-state index is 12.9. The molecule has 0 spiro atoms. The number of aromatic nitrogens is 1. The molecule has 0 saturated carbocycles. The maximum atomic E-state index is 12.9. The van der Waals surface area contributed by atoms with Crippen LogP contribution < -0.4 is 16.2 Å². The average molecular weight is 507 g/mol. The van der Waals surface area contributed by atoms with Gasteiger partial charge in [-0.25, -0.2) is 0 Å². The van der Waals surface area contributed by atoms with Crippen LogP contribution in [0.5, 0.6) is 0 Å². The molecule has 0 fully saturated rings. The highest BCUT2D eigenvalue weighted by atomic mass is 79.9. The average Bonchev–Trinajstić information content (AvgIpc) is 3.19. The summed E-state index contributed by atoms with van der Waals surface area (Å²) in [4.78, 5) is 53.5. The molecule has 0 atom stereocenters. The molecule has 5 rings (SSSR count). The minimum absolute atomic E-state index is 0.144. The topological polar surface area (TPSA) is 111 Å². The Kier molecular flexibility index (Phi) is 5.33. The van der Waals surface area contributed by atoms with Crippen LogP contribution in [-0.2, 0) is 19.5 Å². The molecule has 2 aromatic carbocycles. The SMILES string of the molecule is O=C(Nc1ccc2c(c1)C(=O)NC2)c1ccc2c(c1)CN(C(=O)c1c[nH]c(=O)c(Br)c1)CC2. The Morgan fingerprint density at radius 3 is 2.61 bits per heavy atom. The van der Waals surface area contributed by atoms with E-state index in [0.717, 1.165) is 16.7 Å². The normalized spacial score (nSPS) is 14.3. The lowest BCUT2D eigenvalue weighted by Gasteiger charge is -2.29. The fourth-order valence-electron chi connectivity index (χ4n) is 4.13. The van der Waals surface area contributed by atoms with Crippen LogP contribution in [-0.4, -0.2) is 34.2 Å². The molecule has 3 amide bonds. The number of fused-ring (bicyclic) bond motifs is 2. The third-order valence-electron chi connectivity index (χ3n) is 5.92. The summed E-state index contributed by atoms with van der Waals surface area (Å²) in [7, 11) is 0. The predicted octanol–water partition coefficient (Wildman–Crippen LogP) is 2.83. The molecule has 0 radical (unpaired) electrons. The maximum Gasteiger partial charge on any atom is 0.262 e. The fraction of sp³-hybridized carbons (Fsp3) is 0.167. The van der Waals surface area contributed by atoms with E-state index in [0.29, 0.717) is 52.9 Å². The van der Waals surface area contributed by atoms with Gasteiger partial charge in [0.25, 0.3) is 23.3 Å². The highest BCUT2D eigenvalue weighted by molar-refractivity contribution is 9.10. The van der Waals surface area contributed by atoms with Crippen LogP contribution in [0.15, 0.2) is 57.9 Å². The van der Waals surface area contributed by atoms with Gasteiger partial charge in [-0.15, -0.1) is 0 Å². The number of hydrogen-bond donors (Lipinski definition) is 3. The molecule has 1 aromatic heterocycles. The quantitative estimate of drug-likeness (QED) is 0.507. The van der Waals surface area contributed by atoms with Gasteiger partial charge in [0.1, 0.15) is 0 Å². The van der Waals surface area contributed by atoms with Crippen molar-refractivity contribution in [3.8, 4) is 0 Å². The standard InChI is InChI=1S/C24H19BrN4O4/c25-20-8-16(11-27-23(20)32)24(33)29-6-5-13-1-2-14(7-17(13)12-29)21(30)28-18-4-3-15-10-26-22(31)19(15)9-18/h1-4,7-9,11H,5-6,10,12H2,(H,26,31)(H,27,32)(H,28,30). The van der Waals surface area contributed by atoms with Crippen molar-refractivity contribution in [2.75, 3.05) is 11.9 Å². The number of carbonyl (C=O) groups excluding carboxylic acids is 3. The minimum atomic E-state index is -0.296.